The summed E-state index contributed by atoms with van der Waals surface area (Å²) >= 11 is 0. The molecule has 1 heteroatoms. The van der Waals surface area contributed by atoms with Crippen LogP contribution in [0.15, 0.2) is 42.5 Å². The molecule has 0 fully saturated rings. The number of anilines is 2. The molecule has 1 nitrogen and oxygen atoms in total. The lowest BCUT2D eigenvalue weighted by Gasteiger charge is -2.20. The summed E-state index contributed by atoms with van der Waals surface area (Å²) in [5, 5.41) is 3.65. The number of benzene rings is 2. The maximum absolute atomic E-state index is 3.65. The third-order valence-corrected chi connectivity index (χ3v) is 4.60. The third kappa shape index (κ3) is 3.04. The predicted octanol–water partition coefficient (Wildman–Crippen LogP) is 5.85. The van der Waals surface area contributed by atoms with Gasteiger partial charge in [-0.15, -0.1) is 0 Å². The Labute approximate surface area is 134 Å². The first kappa shape index (κ1) is 15.1. The van der Waals surface area contributed by atoms with E-state index < -0.39 is 0 Å². The highest BCUT2D eigenvalue weighted by molar-refractivity contribution is 5.66. The monoisotopic (exact) mass is 293 g/mol. The molecule has 0 saturated carbocycles. The van der Waals surface area contributed by atoms with E-state index >= 15 is 0 Å². The normalized spacial score (nSPS) is 16.4. The second kappa shape index (κ2) is 5.15. The Balaban J connectivity index is 1.91. The summed E-state index contributed by atoms with van der Waals surface area (Å²) in [6.07, 6.45) is 2.34. The van der Waals surface area contributed by atoms with Gasteiger partial charge in [0.15, 0.2) is 0 Å². The second-order valence-corrected chi connectivity index (χ2v) is 8.42. The highest BCUT2D eigenvalue weighted by Gasteiger charge is 2.29. The van der Waals surface area contributed by atoms with E-state index in [1.54, 1.807) is 0 Å². The van der Waals surface area contributed by atoms with Crippen molar-refractivity contribution in [3.63, 3.8) is 0 Å². The summed E-state index contributed by atoms with van der Waals surface area (Å²) in [4.78, 5) is 0. The molecule has 0 amide bonds. The molecule has 0 saturated heterocycles. The van der Waals surface area contributed by atoms with Crippen molar-refractivity contribution >= 4 is 11.4 Å². The van der Waals surface area contributed by atoms with Crippen molar-refractivity contribution < 1.29 is 0 Å². The van der Waals surface area contributed by atoms with Crippen LogP contribution in [0.4, 0.5) is 11.4 Å². The van der Waals surface area contributed by atoms with Crippen molar-refractivity contribution in [3.05, 3.63) is 59.2 Å². The number of nitrogens with one attached hydrogen (secondary N) is 1. The van der Waals surface area contributed by atoms with Gasteiger partial charge in [-0.05, 0) is 58.6 Å². The highest BCUT2D eigenvalue weighted by atomic mass is 14.9. The number of rotatable bonds is 2. The van der Waals surface area contributed by atoms with Gasteiger partial charge in [0.2, 0.25) is 0 Å². The van der Waals surface area contributed by atoms with E-state index in [1.807, 2.05) is 0 Å². The lowest BCUT2D eigenvalue weighted by Crippen LogP contribution is -2.11. The zero-order valence-electron chi connectivity index (χ0n) is 14.5. The Morgan fingerprint density at radius 1 is 0.955 bits per heavy atom. The Morgan fingerprint density at radius 3 is 2.41 bits per heavy atom. The van der Waals surface area contributed by atoms with Crippen LogP contribution in [0.5, 0.6) is 0 Å². The lowest BCUT2D eigenvalue weighted by atomic mass is 9.87. The number of hydrogen-bond donors (Lipinski definition) is 1. The summed E-state index contributed by atoms with van der Waals surface area (Å²) in [5.41, 5.74) is 7.38. The molecule has 22 heavy (non-hydrogen) atoms. The van der Waals surface area contributed by atoms with Gasteiger partial charge in [-0.3, -0.25) is 0 Å². The van der Waals surface area contributed by atoms with Crippen LogP contribution in [0.25, 0.3) is 0 Å². The van der Waals surface area contributed by atoms with Crippen molar-refractivity contribution in [2.75, 3.05) is 5.32 Å². The van der Waals surface area contributed by atoms with Crippen molar-refractivity contribution in [1.29, 1.82) is 0 Å². The minimum Gasteiger partial charge on any atom is -0.355 e. The Bertz CT molecular complexity index is 689. The summed E-state index contributed by atoms with van der Waals surface area (Å²) in [5.74, 6) is 0. The van der Waals surface area contributed by atoms with Gasteiger partial charge in [0.1, 0.15) is 0 Å². The SMILES string of the molecule is CC1(C)Cc2cccc(Nc3cccc(C(C)(C)C)c3)c2C1. The van der Waals surface area contributed by atoms with Gasteiger partial charge in [0.05, 0.1) is 0 Å². The minimum absolute atomic E-state index is 0.179. The molecule has 0 atom stereocenters. The van der Waals surface area contributed by atoms with Crippen LogP contribution < -0.4 is 5.32 Å². The highest BCUT2D eigenvalue weighted by Crippen LogP contribution is 2.40. The molecule has 1 aliphatic carbocycles. The maximum Gasteiger partial charge on any atom is 0.0419 e. The first-order valence-corrected chi connectivity index (χ1v) is 8.23. The van der Waals surface area contributed by atoms with Crippen LogP contribution in [0.2, 0.25) is 0 Å². The van der Waals surface area contributed by atoms with Crippen molar-refractivity contribution in [2.45, 2.75) is 52.9 Å². The molecule has 0 heterocycles. The molecule has 1 aliphatic rings. The van der Waals surface area contributed by atoms with Crippen LogP contribution in [0, 0.1) is 5.41 Å². The fourth-order valence-electron chi connectivity index (χ4n) is 3.40. The Hall–Kier alpha value is -1.76. The van der Waals surface area contributed by atoms with E-state index in [2.05, 4.69) is 82.4 Å². The standard InChI is InChI=1S/C21H27N/c1-20(2,3)16-9-7-10-17(12-16)22-19-11-6-8-15-13-21(4,5)14-18(15)19/h6-12,22H,13-14H2,1-5H3. The van der Waals surface area contributed by atoms with Crippen LogP contribution in [0.3, 0.4) is 0 Å². The first-order valence-electron chi connectivity index (χ1n) is 8.23. The van der Waals surface area contributed by atoms with Crippen molar-refractivity contribution in [2.24, 2.45) is 5.41 Å². The van der Waals surface area contributed by atoms with Crippen molar-refractivity contribution in [3.8, 4) is 0 Å². The van der Waals surface area contributed by atoms with E-state index in [0.717, 1.165) is 6.42 Å². The summed E-state index contributed by atoms with van der Waals surface area (Å²) in [7, 11) is 0. The van der Waals surface area contributed by atoms with Crippen LogP contribution in [-0.2, 0) is 18.3 Å². The van der Waals surface area contributed by atoms with Gasteiger partial charge in [-0.1, -0.05) is 58.9 Å². The molecule has 2 aromatic rings. The summed E-state index contributed by atoms with van der Waals surface area (Å²) in [6, 6.07) is 15.5. The van der Waals surface area contributed by atoms with Gasteiger partial charge < -0.3 is 5.32 Å². The Kier molecular flexibility index (Phi) is 3.55. The van der Waals surface area contributed by atoms with E-state index in [9.17, 15) is 0 Å². The molecular weight excluding hydrogens is 266 g/mol. The molecule has 0 aromatic heterocycles. The van der Waals surface area contributed by atoms with E-state index in [0.29, 0.717) is 5.41 Å². The van der Waals surface area contributed by atoms with Gasteiger partial charge in [-0.25, -0.2) is 0 Å². The number of fused-ring (bicyclic) bond motifs is 1. The average Bonchev–Trinajstić information content (AvgIpc) is 2.73. The second-order valence-electron chi connectivity index (χ2n) is 8.42. The first-order chi connectivity index (χ1) is 10.2. The zero-order valence-corrected chi connectivity index (χ0v) is 14.5. The molecule has 3 rings (SSSR count). The molecule has 0 unspecified atom stereocenters. The van der Waals surface area contributed by atoms with E-state index in [1.165, 1.54) is 34.5 Å². The maximum atomic E-state index is 3.65. The lowest BCUT2D eigenvalue weighted by molar-refractivity contribution is 0.393. The third-order valence-electron chi connectivity index (χ3n) is 4.60. The average molecular weight is 293 g/mol. The molecule has 0 spiro atoms. The largest absolute Gasteiger partial charge is 0.355 e. The number of hydrogen-bond acceptors (Lipinski definition) is 1. The Morgan fingerprint density at radius 2 is 1.68 bits per heavy atom. The van der Waals surface area contributed by atoms with E-state index in [4.69, 9.17) is 0 Å². The quantitative estimate of drug-likeness (QED) is 0.732. The molecule has 1 N–H and O–H groups in total. The fourth-order valence-corrected chi connectivity index (χ4v) is 3.40. The molecule has 0 radical (unpaired) electrons. The van der Waals surface area contributed by atoms with Gasteiger partial charge in [0.25, 0.3) is 0 Å². The van der Waals surface area contributed by atoms with Gasteiger partial charge in [0, 0.05) is 11.4 Å². The summed E-state index contributed by atoms with van der Waals surface area (Å²) < 4.78 is 0. The predicted molar refractivity (Wildman–Crippen MR) is 96.1 cm³/mol. The molecular formula is C21H27N. The van der Waals surface area contributed by atoms with Crippen LogP contribution in [-0.4, -0.2) is 0 Å². The van der Waals surface area contributed by atoms with Gasteiger partial charge >= 0.3 is 0 Å². The van der Waals surface area contributed by atoms with Crippen LogP contribution >= 0.6 is 0 Å². The molecule has 2 aromatic carbocycles. The molecule has 0 aliphatic heterocycles. The molecule has 116 valence electrons. The smallest absolute Gasteiger partial charge is 0.0419 e. The topological polar surface area (TPSA) is 12.0 Å². The zero-order chi connectivity index (χ0) is 16.0. The minimum atomic E-state index is 0.179. The van der Waals surface area contributed by atoms with Crippen LogP contribution in [0.1, 0.15) is 51.3 Å². The van der Waals surface area contributed by atoms with E-state index in [-0.39, 0.29) is 5.41 Å². The van der Waals surface area contributed by atoms with Crippen molar-refractivity contribution in [1.82, 2.24) is 0 Å². The summed E-state index contributed by atoms with van der Waals surface area (Å²) in [6.45, 7) is 11.5. The molecule has 0 bridgehead atoms. The fraction of sp³-hybridized carbons (Fsp3) is 0.429. The van der Waals surface area contributed by atoms with Gasteiger partial charge in [-0.2, -0.15) is 0 Å².